The van der Waals surface area contributed by atoms with E-state index in [-0.39, 0.29) is 30.6 Å². The van der Waals surface area contributed by atoms with Crippen LogP contribution in [-0.2, 0) is 6.54 Å². The summed E-state index contributed by atoms with van der Waals surface area (Å²) in [6.07, 6.45) is 0. The standard InChI is InChI=1S/C16H14FN3O2/c17-13-4-1-11(2-5-13)10-20-16(21)12-3-6-14(19)15(9-12)22-8-7-18/h1-6,9H,8,10,19H2,(H,20,21). The van der Waals surface area contributed by atoms with Gasteiger partial charge in [0.15, 0.2) is 6.61 Å². The summed E-state index contributed by atoms with van der Waals surface area (Å²) in [5.74, 6) is -0.352. The van der Waals surface area contributed by atoms with Crippen LogP contribution >= 0.6 is 0 Å². The molecule has 0 fully saturated rings. The molecular weight excluding hydrogens is 285 g/mol. The second-order valence-electron chi connectivity index (χ2n) is 4.51. The summed E-state index contributed by atoms with van der Waals surface area (Å²) in [4.78, 5) is 12.1. The van der Waals surface area contributed by atoms with E-state index in [1.54, 1.807) is 24.3 Å². The summed E-state index contributed by atoms with van der Waals surface area (Å²) >= 11 is 0. The van der Waals surface area contributed by atoms with Crippen LogP contribution in [0.3, 0.4) is 0 Å². The van der Waals surface area contributed by atoms with Crippen molar-refractivity contribution >= 4 is 11.6 Å². The number of nitriles is 1. The molecule has 1 amide bonds. The van der Waals surface area contributed by atoms with E-state index in [9.17, 15) is 9.18 Å². The summed E-state index contributed by atoms with van der Waals surface area (Å²) in [6, 6.07) is 12.3. The molecule has 2 aromatic rings. The number of nitrogens with two attached hydrogens (primary N) is 1. The minimum absolute atomic E-state index is 0.148. The van der Waals surface area contributed by atoms with E-state index in [2.05, 4.69) is 5.32 Å². The first kappa shape index (κ1) is 15.3. The molecule has 2 aromatic carbocycles. The maximum Gasteiger partial charge on any atom is 0.251 e. The SMILES string of the molecule is N#CCOc1cc(C(=O)NCc2ccc(F)cc2)ccc1N. The van der Waals surface area contributed by atoms with Gasteiger partial charge in [-0.25, -0.2) is 4.39 Å². The largest absolute Gasteiger partial charge is 0.477 e. The van der Waals surface area contributed by atoms with Gasteiger partial charge in [0.1, 0.15) is 17.6 Å². The second-order valence-corrected chi connectivity index (χ2v) is 4.51. The number of halogens is 1. The predicted octanol–water partition coefficient (Wildman–Crippen LogP) is 2.24. The van der Waals surface area contributed by atoms with Crippen LogP contribution in [-0.4, -0.2) is 12.5 Å². The fourth-order valence-electron chi connectivity index (χ4n) is 1.80. The van der Waals surface area contributed by atoms with Crippen molar-refractivity contribution in [3.05, 3.63) is 59.4 Å². The zero-order chi connectivity index (χ0) is 15.9. The molecular formula is C16H14FN3O2. The van der Waals surface area contributed by atoms with Gasteiger partial charge in [-0.3, -0.25) is 4.79 Å². The number of benzene rings is 2. The number of nitrogens with one attached hydrogen (secondary N) is 1. The molecule has 0 saturated carbocycles. The van der Waals surface area contributed by atoms with E-state index in [1.807, 2.05) is 6.07 Å². The Kier molecular flexibility index (Phi) is 4.94. The quantitative estimate of drug-likeness (QED) is 0.829. The number of nitrogen functional groups attached to an aromatic ring is 1. The van der Waals surface area contributed by atoms with Crippen LogP contribution in [0, 0.1) is 17.1 Å². The van der Waals surface area contributed by atoms with Gasteiger partial charge >= 0.3 is 0 Å². The minimum atomic E-state index is -0.326. The number of carbonyl (C=O) groups excluding carboxylic acids is 1. The van der Waals surface area contributed by atoms with Crippen LogP contribution in [0.15, 0.2) is 42.5 Å². The Balaban J connectivity index is 2.03. The van der Waals surface area contributed by atoms with Crippen molar-refractivity contribution in [2.45, 2.75) is 6.54 Å². The molecule has 22 heavy (non-hydrogen) atoms. The number of ether oxygens (including phenoxy) is 1. The average Bonchev–Trinajstić information content (AvgIpc) is 2.53. The molecule has 112 valence electrons. The van der Waals surface area contributed by atoms with Crippen LogP contribution in [0.5, 0.6) is 5.75 Å². The molecule has 6 heteroatoms. The highest BCUT2D eigenvalue weighted by molar-refractivity contribution is 5.95. The highest BCUT2D eigenvalue weighted by Crippen LogP contribution is 2.22. The maximum absolute atomic E-state index is 12.8. The first-order valence-corrected chi connectivity index (χ1v) is 6.52. The van der Waals surface area contributed by atoms with Gasteiger partial charge in [-0.1, -0.05) is 12.1 Å². The Morgan fingerprint density at radius 1 is 1.27 bits per heavy atom. The second kappa shape index (κ2) is 7.09. The van der Waals surface area contributed by atoms with Gasteiger partial charge in [-0.05, 0) is 35.9 Å². The Morgan fingerprint density at radius 3 is 2.68 bits per heavy atom. The van der Waals surface area contributed by atoms with Gasteiger partial charge in [-0.2, -0.15) is 5.26 Å². The van der Waals surface area contributed by atoms with E-state index in [1.165, 1.54) is 18.2 Å². The smallest absolute Gasteiger partial charge is 0.251 e. The third kappa shape index (κ3) is 3.96. The number of rotatable bonds is 5. The molecule has 2 rings (SSSR count). The molecule has 0 aromatic heterocycles. The van der Waals surface area contributed by atoms with Crippen molar-refractivity contribution in [3.8, 4) is 11.8 Å². The maximum atomic E-state index is 12.8. The summed E-state index contributed by atoms with van der Waals surface area (Å²) in [5.41, 5.74) is 7.21. The summed E-state index contributed by atoms with van der Waals surface area (Å²) in [7, 11) is 0. The van der Waals surface area contributed by atoms with Crippen molar-refractivity contribution in [2.24, 2.45) is 0 Å². The lowest BCUT2D eigenvalue weighted by atomic mass is 10.1. The number of amides is 1. The van der Waals surface area contributed by atoms with Crippen molar-refractivity contribution in [1.29, 1.82) is 5.26 Å². The summed E-state index contributed by atoms with van der Waals surface area (Å²) in [6.45, 7) is 0.128. The zero-order valence-corrected chi connectivity index (χ0v) is 11.7. The van der Waals surface area contributed by atoms with E-state index >= 15 is 0 Å². The Morgan fingerprint density at radius 2 is 2.00 bits per heavy atom. The third-order valence-corrected chi connectivity index (χ3v) is 2.93. The van der Waals surface area contributed by atoms with Gasteiger partial charge in [0.2, 0.25) is 0 Å². The van der Waals surface area contributed by atoms with E-state index in [0.717, 1.165) is 5.56 Å². The monoisotopic (exact) mass is 299 g/mol. The van der Waals surface area contributed by atoms with Crippen LogP contribution in [0.25, 0.3) is 0 Å². The minimum Gasteiger partial charge on any atom is -0.477 e. The molecule has 0 atom stereocenters. The van der Waals surface area contributed by atoms with Crippen LogP contribution in [0.2, 0.25) is 0 Å². The molecule has 0 radical (unpaired) electrons. The molecule has 0 aliphatic rings. The Hall–Kier alpha value is -3.07. The van der Waals surface area contributed by atoms with Gasteiger partial charge in [0.25, 0.3) is 5.91 Å². The van der Waals surface area contributed by atoms with Crippen molar-refractivity contribution < 1.29 is 13.9 Å². The molecule has 0 heterocycles. The van der Waals surface area contributed by atoms with E-state index < -0.39 is 0 Å². The Labute approximate surface area is 127 Å². The lowest BCUT2D eigenvalue weighted by molar-refractivity contribution is 0.0950. The number of nitrogens with zero attached hydrogens (tertiary/aromatic N) is 1. The first-order chi connectivity index (χ1) is 10.6. The molecule has 0 bridgehead atoms. The molecule has 0 saturated heterocycles. The van der Waals surface area contributed by atoms with Gasteiger partial charge in [-0.15, -0.1) is 0 Å². The fraction of sp³-hybridized carbons (Fsp3) is 0.125. The normalized spacial score (nSPS) is 9.82. The summed E-state index contributed by atoms with van der Waals surface area (Å²) in [5, 5.41) is 11.2. The van der Waals surface area contributed by atoms with Gasteiger partial charge in [0, 0.05) is 12.1 Å². The van der Waals surface area contributed by atoms with E-state index in [4.69, 9.17) is 15.7 Å². The van der Waals surface area contributed by atoms with Gasteiger partial charge < -0.3 is 15.8 Å². The molecule has 0 aliphatic heterocycles. The molecule has 0 aliphatic carbocycles. The van der Waals surface area contributed by atoms with Crippen molar-refractivity contribution in [3.63, 3.8) is 0 Å². The zero-order valence-electron chi connectivity index (χ0n) is 11.7. The highest BCUT2D eigenvalue weighted by Gasteiger charge is 2.09. The molecule has 0 spiro atoms. The topological polar surface area (TPSA) is 88.1 Å². The lowest BCUT2D eigenvalue weighted by Crippen LogP contribution is -2.22. The number of hydrogen-bond acceptors (Lipinski definition) is 4. The van der Waals surface area contributed by atoms with Gasteiger partial charge in [0.05, 0.1) is 5.69 Å². The number of hydrogen-bond donors (Lipinski definition) is 2. The highest BCUT2D eigenvalue weighted by atomic mass is 19.1. The number of carbonyl (C=O) groups is 1. The predicted molar refractivity (Wildman–Crippen MR) is 79.5 cm³/mol. The lowest BCUT2D eigenvalue weighted by Gasteiger charge is -2.09. The van der Waals surface area contributed by atoms with E-state index in [0.29, 0.717) is 11.3 Å². The fourth-order valence-corrected chi connectivity index (χ4v) is 1.80. The molecule has 3 N–H and O–H groups in total. The van der Waals surface area contributed by atoms with Crippen molar-refractivity contribution in [1.82, 2.24) is 5.32 Å². The number of anilines is 1. The summed E-state index contributed by atoms with van der Waals surface area (Å²) < 4.78 is 17.9. The third-order valence-electron chi connectivity index (χ3n) is 2.93. The van der Waals surface area contributed by atoms with Crippen molar-refractivity contribution in [2.75, 3.05) is 12.3 Å². The first-order valence-electron chi connectivity index (χ1n) is 6.52. The molecule has 0 unspecified atom stereocenters. The molecule has 5 nitrogen and oxygen atoms in total. The van der Waals surface area contributed by atoms with Crippen LogP contribution in [0.1, 0.15) is 15.9 Å². The Bertz CT molecular complexity index is 708. The van der Waals surface area contributed by atoms with Crippen LogP contribution in [0.4, 0.5) is 10.1 Å². The average molecular weight is 299 g/mol. The van der Waals surface area contributed by atoms with Crippen LogP contribution < -0.4 is 15.8 Å².